The summed E-state index contributed by atoms with van der Waals surface area (Å²) in [4.78, 5) is 13.0. The molecule has 2 aromatic carbocycles. The summed E-state index contributed by atoms with van der Waals surface area (Å²) in [5.41, 5.74) is 0.577. The van der Waals surface area contributed by atoms with Crippen LogP contribution in [0.4, 0.5) is 19.0 Å². The molecule has 2 unspecified atom stereocenters. The molecule has 0 spiro atoms. The molecule has 12 heteroatoms. The van der Waals surface area contributed by atoms with Gasteiger partial charge in [0.1, 0.15) is 29.5 Å². The smallest absolute Gasteiger partial charge is 0.255 e. The van der Waals surface area contributed by atoms with E-state index < -0.39 is 44.2 Å². The van der Waals surface area contributed by atoms with Crippen LogP contribution < -0.4 is 15.0 Å². The zero-order valence-electron chi connectivity index (χ0n) is 20.2. The fraction of sp³-hybridized carbons (Fsp3) is 0.231. The SMILES string of the molecule is COc1cc(-c2cc(F)cc(F)c2)c(F)cc1-n1c2c(ccc1=O)CC(S(=O)(=O)Nc1ccon1)C(C)C2. The first kappa shape index (κ1) is 25.6. The molecule has 0 aliphatic heterocycles. The second-order valence-electron chi connectivity index (χ2n) is 9.10. The summed E-state index contributed by atoms with van der Waals surface area (Å²) in [5.74, 6) is -2.83. The summed E-state index contributed by atoms with van der Waals surface area (Å²) in [7, 11) is -2.53. The Kier molecular flexibility index (Phi) is 6.51. The van der Waals surface area contributed by atoms with Crippen LogP contribution in [0.25, 0.3) is 16.8 Å². The van der Waals surface area contributed by atoms with E-state index in [1.165, 1.54) is 36.1 Å². The van der Waals surface area contributed by atoms with E-state index in [1.54, 1.807) is 13.0 Å². The molecule has 198 valence electrons. The third-order valence-corrected chi connectivity index (χ3v) is 8.55. The van der Waals surface area contributed by atoms with Crippen molar-refractivity contribution in [3.05, 3.63) is 93.9 Å². The summed E-state index contributed by atoms with van der Waals surface area (Å²) in [6.45, 7) is 1.75. The van der Waals surface area contributed by atoms with E-state index in [4.69, 9.17) is 9.26 Å². The number of nitrogens with one attached hydrogen (secondary N) is 1. The van der Waals surface area contributed by atoms with Gasteiger partial charge in [-0.1, -0.05) is 18.1 Å². The number of fused-ring (bicyclic) bond motifs is 1. The van der Waals surface area contributed by atoms with Crippen molar-refractivity contribution in [2.45, 2.75) is 25.0 Å². The highest BCUT2D eigenvalue weighted by Gasteiger charge is 2.37. The molecule has 8 nitrogen and oxygen atoms in total. The van der Waals surface area contributed by atoms with Crippen molar-refractivity contribution in [3.8, 4) is 22.6 Å². The van der Waals surface area contributed by atoms with Crippen molar-refractivity contribution in [1.29, 1.82) is 0 Å². The predicted molar refractivity (Wildman–Crippen MR) is 133 cm³/mol. The van der Waals surface area contributed by atoms with Crippen molar-refractivity contribution in [2.75, 3.05) is 11.8 Å². The van der Waals surface area contributed by atoms with Crippen molar-refractivity contribution >= 4 is 15.8 Å². The number of hydrogen-bond donors (Lipinski definition) is 1. The largest absolute Gasteiger partial charge is 0.495 e. The van der Waals surface area contributed by atoms with Gasteiger partial charge in [-0.3, -0.25) is 14.1 Å². The van der Waals surface area contributed by atoms with E-state index in [-0.39, 0.29) is 41.2 Å². The van der Waals surface area contributed by atoms with Crippen LogP contribution in [0.5, 0.6) is 5.75 Å². The number of aromatic nitrogens is 2. The van der Waals surface area contributed by atoms with Gasteiger partial charge in [-0.2, -0.15) is 0 Å². The van der Waals surface area contributed by atoms with Crippen molar-refractivity contribution in [3.63, 3.8) is 0 Å². The van der Waals surface area contributed by atoms with Gasteiger partial charge in [-0.05, 0) is 48.1 Å². The number of nitrogens with zero attached hydrogens (tertiary/aromatic N) is 2. The van der Waals surface area contributed by atoms with Gasteiger partial charge >= 0.3 is 0 Å². The maximum atomic E-state index is 15.3. The molecule has 0 bridgehead atoms. The number of halogens is 3. The molecule has 0 saturated carbocycles. The maximum Gasteiger partial charge on any atom is 0.255 e. The van der Waals surface area contributed by atoms with Crippen molar-refractivity contribution in [2.24, 2.45) is 5.92 Å². The molecule has 0 fully saturated rings. The lowest BCUT2D eigenvalue weighted by Crippen LogP contribution is -2.41. The van der Waals surface area contributed by atoms with Crippen LogP contribution in [-0.4, -0.2) is 30.5 Å². The monoisotopic (exact) mass is 545 g/mol. The Hall–Kier alpha value is -4.06. The molecule has 0 radical (unpaired) electrons. The molecule has 5 rings (SSSR count). The van der Waals surface area contributed by atoms with E-state index in [2.05, 4.69) is 9.88 Å². The number of sulfonamides is 1. The lowest BCUT2D eigenvalue weighted by molar-refractivity contribution is 0.409. The lowest BCUT2D eigenvalue weighted by atomic mass is 9.87. The lowest BCUT2D eigenvalue weighted by Gasteiger charge is -2.32. The summed E-state index contributed by atoms with van der Waals surface area (Å²) in [6, 6.07) is 9.23. The first-order chi connectivity index (χ1) is 18.1. The molecule has 4 aromatic rings. The summed E-state index contributed by atoms with van der Waals surface area (Å²) in [6.07, 6.45) is 1.53. The van der Waals surface area contributed by atoms with E-state index in [0.717, 1.165) is 18.2 Å². The van der Waals surface area contributed by atoms with Gasteiger partial charge in [0.05, 0.1) is 18.0 Å². The Morgan fingerprint density at radius 3 is 2.45 bits per heavy atom. The Labute approximate surface area is 215 Å². The minimum absolute atomic E-state index is 0.0337. The maximum absolute atomic E-state index is 15.3. The molecule has 2 atom stereocenters. The van der Waals surface area contributed by atoms with Crippen LogP contribution in [0.3, 0.4) is 0 Å². The van der Waals surface area contributed by atoms with Crippen LogP contribution in [0.2, 0.25) is 0 Å². The van der Waals surface area contributed by atoms with E-state index in [0.29, 0.717) is 17.3 Å². The zero-order chi connectivity index (χ0) is 27.2. The Morgan fingerprint density at radius 1 is 1.05 bits per heavy atom. The molecule has 1 aliphatic rings. The van der Waals surface area contributed by atoms with Crippen LogP contribution >= 0.6 is 0 Å². The molecular weight excluding hydrogens is 523 g/mol. The van der Waals surface area contributed by atoms with Gasteiger partial charge in [0.2, 0.25) is 10.0 Å². The molecule has 2 heterocycles. The Balaban J connectivity index is 1.58. The number of pyridine rings is 1. The number of hydrogen-bond acceptors (Lipinski definition) is 6. The van der Waals surface area contributed by atoms with E-state index >= 15 is 4.39 Å². The van der Waals surface area contributed by atoms with Crippen molar-refractivity contribution < 1.29 is 30.8 Å². The highest BCUT2D eigenvalue weighted by Crippen LogP contribution is 2.36. The van der Waals surface area contributed by atoms with Gasteiger partial charge in [-0.25, -0.2) is 21.6 Å². The standard InChI is InChI=1S/C26H22F3N3O5S/c1-14-7-21-15(10-24(14)38(34,35)31-25-5-6-37-30-25)3-4-26(33)32(21)22-13-20(29)19(12-23(22)36-2)16-8-17(27)11-18(28)9-16/h3-6,8-9,11-14,24H,7,10H2,1-2H3,(H,30,31). The zero-order valence-corrected chi connectivity index (χ0v) is 21.1. The summed E-state index contributed by atoms with van der Waals surface area (Å²) >= 11 is 0. The quantitative estimate of drug-likeness (QED) is 0.384. The first-order valence-electron chi connectivity index (χ1n) is 11.6. The van der Waals surface area contributed by atoms with E-state index in [9.17, 15) is 22.0 Å². The van der Waals surface area contributed by atoms with Gasteiger partial charge in [0, 0.05) is 35.5 Å². The van der Waals surface area contributed by atoms with Crippen molar-refractivity contribution in [1.82, 2.24) is 9.72 Å². The van der Waals surface area contributed by atoms with Gasteiger partial charge in [0.15, 0.2) is 5.82 Å². The molecule has 1 N–H and O–H groups in total. The summed E-state index contributed by atoms with van der Waals surface area (Å²) < 4.78 is 82.9. The Bertz CT molecular complexity index is 1670. The second-order valence-corrected chi connectivity index (χ2v) is 11.0. The highest BCUT2D eigenvalue weighted by atomic mass is 32.2. The highest BCUT2D eigenvalue weighted by molar-refractivity contribution is 7.93. The topological polar surface area (TPSA) is 103 Å². The number of ether oxygens (including phenoxy) is 1. The average molecular weight is 546 g/mol. The second kappa shape index (κ2) is 9.67. The van der Waals surface area contributed by atoms with Crippen LogP contribution in [0, 0.1) is 23.4 Å². The predicted octanol–water partition coefficient (Wildman–Crippen LogP) is 4.46. The minimum atomic E-state index is -3.85. The summed E-state index contributed by atoms with van der Waals surface area (Å²) in [5, 5.41) is 2.76. The molecule has 0 saturated heterocycles. The van der Waals surface area contributed by atoms with Gasteiger partial charge in [-0.15, -0.1) is 0 Å². The number of benzene rings is 2. The average Bonchev–Trinajstić information content (AvgIpc) is 3.35. The van der Waals surface area contributed by atoms with E-state index in [1.807, 2.05) is 0 Å². The fourth-order valence-electron chi connectivity index (χ4n) is 4.86. The molecule has 2 aromatic heterocycles. The number of rotatable bonds is 6. The third-order valence-electron chi connectivity index (χ3n) is 6.63. The van der Waals surface area contributed by atoms with Crippen LogP contribution in [-0.2, 0) is 22.9 Å². The number of methoxy groups -OCH3 is 1. The van der Waals surface area contributed by atoms with Gasteiger partial charge < -0.3 is 9.26 Å². The first-order valence-corrected chi connectivity index (χ1v) is 13.1. The molecule has 1 aliphatic carbocycles. The normalized spacial score (nSPS) is 17.2. The van der Waals surface area contributed by atoms with Crippen LogP contribution in [0.1, 0.15) is 18.2 Å². The molecule has 38 heavy (non-hydrogen) atoms. The van der Waals surface area contributed by atoms with Crippen LogP contribution in [0.15, 0.2) is 64.1 Å². The molecule has 0 amide bonds. The number of anilines is 1. The third kappa shape index (κ3) is 4.67. The fourth-order valence-corrected chi connectivity index (χ4v) is 6.51. The Morgan fingerprint density at radius 2 is 1.79 bits per heavy atom. The van der Waals surface area contributed by atoms with Gasteiger partial charge in [0.25, 0.3) is 5.56 Å². The minimum Gasteiger partial charge on any atom is -0.495 e. The molecular formula is C26H22F3N3O5S.